The van der Waals surface area contributed by atoms with Crippen LogP contribution in [0, 0.1) is 0 Å². The number of hydrogen-bond donors (Lipinski definition) is 0. The zero-order valence-electron chi connectivity index (χ0n) is 16.0. The van der Waals surface area contributed by atoms with Crippen molar-refractivity contribution in [3.05, 3.63) is 56.8 Å². The molecular weight excluding hydrogens is 517 g/mol. The number of benzene rings is 2. The van der Waals surface area contributed by atoms with Gasteiger partial charge >= 0.3 is 12.1 Å². The fourth-order valence-corrected chi connectivity index (χ4v) is 3.20. The highest BCUT2D eigenvalue weighted by Crippen LogP contribution is 2.37. The first-order valence-electron chi connectivity index (χ1n) is 9.00. The van der Waals surface area contributed by atoms with Gasteiger partial charge in [0.25, 0.3) is 0 Å². The molecule has 3 rings (SSSR count). The van der Waals surface area contributed by atoms with Crippen molar-refractivity contribution in [1.29, 1.82) is 0 Å². The number of rotatable bonds is 9. The Morgan fingerprint density at radius 2 is 1.66 bits per heavy atom. The van der Waals surface area contributed by atoms with E-state index in [1.165, 1.54) is 36.4 Å². The first kappa shape index (κ1) is 24.6. The van der Waals surface area contributed by atoms with Gasteiger partial charge in [-0.1, -0.05) is 46.4 Å². The second-order valence-electron chi connectivity index (χ2n) is 6.22. The zero-order valence-corrected chi connectivity index (χ0v) is 19.0. The fourth-order valence-electron chi connectivity index (χ4n) is 2.50. The minimum atomic E-state index is -4.65. The molecule has 0 atom stereocenters. The van der Waals surface area contributed by atoms with Gasteiger partial charge in [-0.2, -0.15) is 13.2 Å². The van der Waals surface area contributed by atoms with E-state index in [9.17, 15) is 13.2 Å². The third-order valence-electron chi connectivity index (χ3n) is 3.87. The predicted molar refractivity (Wildman–Crippen MR) is 116 cm³/mol. The number of nitrogens with zero attached hydrogens (tertiary/aromatic N) is 1. The lowest BCUT2D eigenvalue weighted by molar-refractivity contribution is -0.156. The molecule has 0 saturated heterocycles. The second kappa shape index (κ2) is 10.7. The van der Waals surface area contributed by atoms with Crippen LogP contribution in [0.2, 0.25) is 10.0 Å². The normalized spacial score (nSPS) is 11.5. The first-order valence-corrected chi connectivity index (χ1v) is 10.5. The molecule has 5 nitrogen and oxygen atoms in total. The minimum absolute atomic E-state index is 0.0178. The monoisotopic (exact) mass is 529 g/mol. The SMILES string of the molecule is FC(F)(F)c1nc2ccc(OCCCOc3c(Cl)cc(OCC=C(Cl)Cl)cc3Cl)cc2o1. The molecule has 0 radical (unpaired) electrons. The maximum Gasteiger partial charge on any atom is 0.468 e. The van der Waals surface area contributed by atoms with Crippen LogP contribution in [0.15, 0.2) is 45.3 Å². The van der Waals surface area contributed by atoms with Crippen LogP contribution in [0.1, 0.15) is 12.3 Å². The van der Waals surface area contributed by atoms with Crippen LogP contribution in [0.5, 0.6) is 17.2 Å². The molecule has 2 aromatic carbocycles. The lowest BCUT2D eigenvalue weighted by Gasteiger charge is -2.12. The molecule has 0 N–H and O–H groups in total. The molecular formula is C20H14Cl4F3NO4. The van der Waals surface area contributed by atoms with E-state index in [4.69, 9.17) is 65.0 Å². The lowest BCUT2D eigenvalue weighted by atomic mass is 10.3. The van der Waals surface area contributed by atoms with Crippen LogP contribution in [-0.2, 0) is 6.18 Å². The van der Waals surface area contributed by atoms with Gasteiger partial charge in [0.2, 0.25) is 0 Å². The van der Waals surface area contributed by atoms with E-state index in [2.05, 4.69) is 4.98 Å². The van der Waals surface area contributed by atoms with Crippen LogP contribution in [0.25, 0.3) is 11.1 Å². The molecule has 32 heavy (non-hydrogen) atoms. The van der Waals surface area contributed by atoms with E-state index in [0.29, 0.717) is 17.9 Å². The molecule has 0 aliphatic carbocycles. The van der Waals surface area contributed by atoms with Crippen LogP contribution >= 0.6 is 46.4 Å². The summed E-state index contributed by atoms with van der Waals surface area (Å²) in [5, 5.41) is 0.510. The molecule has 0 aliphatic rings. The number of oxazole rings is 1. The van der Waals surface area contributed by atoms with Crippen molar-refractivity contribution < 1.29 is 31.8 Å². The summed E-state index contributed by atoms with van der Waals surface area (Å²) in [5.74, 6) is -0.263. The van der Waals surface area contributed by atoms with Crippen molar-refractivity contribution in [3.8, 4) is 17.2 Å². The Labute approximate surface area is 200 Å². The Hall–Kier alpha value is -2.00. The van der Waals surface area contributed by atoms with E-state index < -0.39 is 12.1 Å². The molecule has 3 aromatic rings. The highest BCUT2D eigenvalue weighted by molar-refractivity contribution is 6.55. The lowest BCUT2D eigenvalue weighted by Crippen LogP contribution is -2.05. The van der Waals surface area contributed by atoms with Crippen LogP contribution < -0.4 is 14.2 Å². The Morgan fingerprint density at radius 1 is 0.969 bits per heavy atom. The molecule has 0 spiro atoms. The molecule has 0 aliphatic heterocycles. The van der Waals surface area contributed by atoms with E-state index in [-0.39, 0.29) is 51.2 Å². The molecule has 0 unspecified atom stereocenters. The van der Waals surface area contributed by atoms with Crippen LogP contribution in [-0.4, -0.2) is 24.8 Å². The van der Waals surface area contributed by atoms with E-state index in [0.717, 1.165) is 0 Å². The Bertz CT molecular complexity index is 1090. The largest absolute Gasteiger partial charge is 0.493 e. The molecule has 0 fully saturated rings. The Morgan fingerprint density at radius 3 is 2.31 bits per heavy atom. The maximum atomic E-state index is 12.7. The smallest absolute Gasteiger partial charge is 0.468 e. The van der Waals surface area contributed by atoms with Gasteiger partial charge in [0.15, 0.2) is 11.3 Å². The van der Waals surface area contributed by atoms with Crippen molar-refractivity contribution in [3.63, 3.8) is 0 Å². The molecule has 12 heteroatoms. The minimum Gasteiger partial charge on any atom is -0.493 e. The summed E-state index contributed by atoms with van der Waals surface area (Å²) >= 11 is 23.4. The summed E-state index contributed by atoms with van der Waals surface area (Å²) in [6.45, 7) is 0.602. The van der Waals surface area contributed by atoms with Crippen LogP contribution in [0.3, 0.4) is 0 Å². The number of aromatic nitrogens is 1. The summed E-state index contributed by atoms with van der Waals surface area (Å²) < 4.78 is 59.4. The van der Waals surface area contributed by atoms with Gasteiger partial charge in [-0.25, -0.2) is 4.98 Å². The average molecular weight is 531 g/mol. The summed E-state index contributed by atoms with van der Waals surface area (Å²) in [5.41, 5.74) is 0.0715. The molecule has 0 saturated carbocycles. The van der Waals surface area contributed by atoms with Crippen LogP contribution in [0.4, 0.5) is 13.2 Å². The van der Waals surface area contributed by atoms with Crippen molar-refractivity contribution in [2.24, 2.45) is 0 Å². The topological polar surface area (TPSA) is 53.7 Å². The van der Waals surface area contributed by atoms with Gasteiger partial charge in [0.1, 0.15) is 28.1 Å². The number of fused-ring (bicyclic) bond motifs is 1. The van der Waals surface area contributed by atoms with E-state index in [1.807, 2.05) is 0 Å². The predicted octanol–water partition coefficient (Wildman–Crippen LogP) is 7.70. The average Bonchev–Trinajstić information content (AvgIpc) is 3.13. The van der Waals surface area contributed by atoms with Crippen molar-refractivity contribution >= 4 is 57.5 Å². The second-order valence-corrected chi connectivity index (χ2v) is 8.04. The molecule has 1 aromatic heterocycles. The molecule has 1 heterocycles. The molecule has 0 amide bonds. The summed E-state index contributed by atoms with van der Waals surface area (Å²) in [7, 11) is 0. The van der Waals surface area contributed by atoms with E-state index in [1.54, 1.807) is 0 Å². The van der Waals surface area contributed by atoms with Gasteiger partial charge < -0.3 is 18.6 Å². The van der Waals surface area contributed by atoms with Gasteiger partial charge in [-0.15, -0.1) is 0 Å². The third kappa shape index (κ3) is 6.75. The summed E-state index contributed by atoms with van der Waals surface area (Å²) in [6.07, 6.45) is -2.74. The summed E-state index contributed by atoms with van der Waals surface area (Å²) in [6, 6.07) is 7.32. The van der Waals surface area contributed by atoms with E-state index >= 15 is 0 Å². The first-order chi connectivity index (χ1) is 15.1. The molecule has 0 bridgehead atoms. The zero-order chi connectivity index (χ0) is 23.3. The number of hydrogen-bond acceptors (Lipinski definition) is 5. The quantitative estimate of drug-likeness (QED) is 0.265. The third-order valence-corrected chi connectivity index (χ3v) is 4.74. The highest BCUT2D eigenvalue weighted by Gasteiger charge is 2.37. The molecule has 172 valence electrons. The highest BCUT2D eigenvalue weighted by atomic mass is 35.5. The fraction of sp³-hybridized carbons (Fsp3) is 0.250. The van der Waals surface area contributed by atoms with Crippen molar-refractivity contribution in [1.82, 2.24) is 4.98 Å². The summed E-state index contributed by atoms with van der Waals surface area (Å²) in [4.78, 5) is 3.40. The maximum absolute atomic E-state index is 12.7. The van der Waals surface area contributed by atoms with Crippen molar-refractivity contribution in [2.45, 2.75) is 12.6 Å². The van der Waals surface area contributed by atoms with Gasteiger partial charge in [-0.3, -0.25) is 0 Å². The van der Waals surface area contributed by atoms with Gasteiger partial charge in [-0.05, 0) is 18.2 Å². The standard InChI is InChI=1S/C20H14Cl4F3NO4/c21-13-8-12(30-7-4-17(23)24)9-14(22)18(13)31-6-1-5-29-11-2-3-15-16(10-11)32-19(28-15)20(25,26)27/h2-4,8-10H,1,5-7H2. The van der Waals surface area contributed by atoms with Gasteiger partial charge in [0.05, 0.1) is 23.3 Å². The Balaban J connectivity index is 1.49. The van der Waals surface area contributed by atoms with Crippen molar-refractivity contribution in [2.75, 3.05) is 19.8 Å². The number of halogens is 7. The number of alkyl halides is 3. The Kier molecular flexibility index (Phi) is 8.27. The van der Waals surface area contributed by atoms with Gasteiger partial charge in [0, 0.05) is 24.6 Å². The number of ether oxygens (including phenoxy) is 3.